The SMILES string of the molecule is COc1cccc(CN(C)[C@@H](C)C(=O)Nc2c(F)cccc2F)c1. The van der Waals surface area contributed by atoms with Crippen molar-refractivity contribution in [2.75, 3.05) is 19.5 Å². The number of ether oxygens (including phenoxy) is 1. The monoisotopic (exact) mass is 334 g/mol. The van der Waals surface area contributed by atoms with Gasteiger partial charge in [-0.1, -0.05) is 18.2 Å². The number of rotatable bonds is 6. The van der Waals surface area contributed by atoms with Crippen LogP contribution in [-0.2, 0) is 11.3 Å². The number of carbonyl (C=O) groups excluding carboxylic acids is 1. The van der Waals surface area contributed by atoms with E-state index >= 15 is 0 Å². The third kappa shape index (κ3) is 4.29. The van der Waals surface area contributed by atoms with Gasteiger partial charge >= 0.3 is 0 Å². The molecule has 0 aliphatic rings. The predicted molar refractivity (Wildman–Crippen MR) is 88.9 cm³/mol. The van der Waals surface area contributed by atoms with Crippen LogP contribution in [0.5, 0.6) is 5.75 Å². The number of hydrogen-bond acceptors (Lipinski definition) is 3. The summed E-state index contributed by atoms with van der Waals surface area (Å²) in [4.78, 5) is 14.0. The van der Waals surface area contributed by atoms with Gasteiger partial charge in [0.05, 0.1) is 13.2 Å². The molecular formula is C18H20F2N2O2. The summed E-state index contributed by atoms with van der Waals surface area (Å²) >= 11 is 0. The van der Waals surface area contributed by atoms with Gasteiger partial charge in [0.2, 0.25) is 5.91 Å². The summed E-state index contributed by atoms with van der Waals surface area (Å²) in [5.74, 6) is -1.35. The molecule has 24 heavy (non-hydrogen) atoms. The molecule has 1 amide bonds. The zero-order valence-electron chi connectivity index (χ0n) is 13.8. The van der Waals surface area contributed by atoms with Crippen LogP contribution in [0.1, 0.15) is 12.5 Å². The van der Waals surface area contributed by atoms with E-state index in [1.165, 1.54) is 6.07 Å². The number of benzene rings is 2. The van der Waals surface area contributed by atoms with Crippen LogP contribution in [0.25, 0.3) is 0 Å². The van der Waals surface area contributed by atoms with Crippen LogP contribution >= 0.6 is 0 Å². The number of nitrogens with zero attached hydrogens (tertiary/aromatic N) is 1. The summed E-state index contributed by atoms with van der Waals surface area (Å²) in [7, 11) is 3.35. The molecule has 4 nitrogen and oxygen atoms in total. The Morgan fingerprint density at radius 1 is 1.21 bits per heavy atom. The molecule has 128 valence electrons. The second kappa shape index (κ2) is 7.88. The summed E-state index contributed by atoms with van der Waals surface area (Å²) in [5.41, 5.74) is 0.540. The van der Waals surface area contributed by atoms with Crippen molar-refractivity contribution < 1.29 is 18.3 Å². The van der Waals surface area contributed by atoms with Crippen LogP contribution in [0.2, 0.25) is 0 Å². The molecule has 0 spiro atoms. The fourth-order valence-corrected chi connectivity index (χ4v) is 2.24. The van der Waals surface area contributed by atoms with Gasteiger partial charge in [0.25, 0.3) is 0 Å². The van der Waals surface area contributed by atoms with Crippen molar-refractivity contribution in [1.29, 1.82) is 0 Å². The first-order valence-electron chi connectivity index (χ1n) is 7.50. The Morgan fingerprint density at radius 2 is 1.83 bits per heavy atom. The Bertz CT molecular complexity index is 702. The normalized spacial score (nSPS) is 12.1. The highest BCUT2D eigenvalue weighted by Gasteiger charge is 2.21. The van der Waals surface area contributed by atoms with E-state index in [9.17, 15) is 13.6 Å². The summed E-state index contributed by atoms with van der Waals surface area (Å²) in [6.07, 6.45) is 0. The van der Waals surface area contributed by atoms with Crippen LogP contribution in [0.15, 0.2) is 42.5 Å². The van der Waals surface area contributed by atoms with Gasteiger partial charge in [-0.15, -0.1) is 0 Å². The maximum atomic E-state index is 13.6. The molecule has 2 aromatic carbocycles. The number of methoxy groups -OCH3 is 1. The first-order valence-corrected chi connectivity index (χ1v) is 7.50. The standard InChI is InChI=1S/C18H20F2N2O2/c1-12(18(23)21-17-15(19)8-5-9-16(17)20)22(2)11-13-6-4-7-14(10-13)24-3/h4-10,12H,11H2,1-3H3,(H,21,23)/t12-/m0/s1. The van der Waals surface area contributed by atoms with Crippen LogP contribution in [0.3, 0.4) is 0 Å². The van der Waals surface area contributed by atoms with Crippen molar-refractivity contribution >= 4 is 11.6 Å². The molecule has 0 aliphatic carbocycles. The zero-order valence-corrected chi connectivity index (χ0v) is 13.8. The molecule has 0 heterocycles. The molecular weight excluding hydrogens is 314 g/mol. The highest BCUT2D eigenvalue weighted by atomic mass is 19.1. The third-order valence-electron chi connectivity index (χ3n) is 3.82. The fourth-order valence-electron chi connectivity index (χ4n) is 2.24. The fraction of sp³-hybridized carbons (Fsp3) is 0.278. The van der Waals surface area contributed by atoms with Crippen molar-refractivity contribution in [2.45, 2.75) is 19.5 Å². The smallest absolute Gasteiger partial charge is 0.241 e. The second-order valence-corrected chi connectivity index (χ2v) is 5.53. The first-order chi connectivity index (χ1) is 11.4. The number of nitrogens with one attached hydrogen (secondary N) is 1. The van der Waals surface area contributed by atoms with E-state index in [1.54, 1.807) is 26.0 Å². The minimum Gasteiger partial charge on any atom is -0.497 e. The van der Waals surface area contributed by atoms with Crippen molar-refractivity contribution in [1.82, 2.24) is 4.90 Å². The topological polar surface area (TPSA) is 41.6 Å². The lowest BCUT2D eigenvalue weighted by atomic mass is 10.1. The van der Waals surface area contributed by atoms with Gasteiger partial charge in [-0.2, -0.15) is 0 Å². The Labute approximate surface area is 140 Å². The van der Waals surface area contributed by atoms with E-state index in [1.807, 2.05) is 24.3 Å². The third-order valence-corrected chi connectivity index (χ3v) is 3.82. The van der Waals surface area contributed by atoms with Crippen molar-refractivity contribution in [3.05, 3.63) is 59.7 Å². The molecule has 0 bridgehead atoms. The van der Waals surface area contributed by atoms with Crippen molar-refractivity contribution in [2.24, 2.45) is 0 Å². The predicted octanol–water partition coefficient (Wildman–Crippen LogP) is 3.43. The van der Waals surface area contributed by atoms with E-state index in [0.29, 0.717) is 6.54 Å². The molecule has 0 saturated heterocycles. The number of likely N-dealkylation sites (N-methyl/N-ethyl adjacent to an activating group) is 1. The highest BCUT2D eigenvalue weighted by Crippen LogP contribution is 2.19. The Morgan fingerprint density at radius 3 is 2.46 bits per heavy atom. The average molecular weight is 334 g/mol. The molecule has 6 heteroatoms. The largest absolute Gasteiger partial charge is 0.497 e. The number of anilines is 1. The van der Waals surface area contributed by atoms with E-state index in [0.717, 1.165) is 23.4 Å². The maximum absolute atomic E-state index is 13.6. The second-order valence-electron chi connectivity index (χ2n) is 5.53. The molecule has 2 rings (SSSR count). The molecule has 0 radical (unpaired) electrons. The molecule has 0 fully saturated rings. The maximum Gasteiger partial charge on any atom is 0.241 e. The lowest BCUT2D eigenvalue weighted by molar-refractivity contribution is -0.120. The van der Waals surface area contributed by atoms with E-state index in [2.05, 4.69) is 5.32 Å². The Kier molecular flexibility index (Phi) is 5.87. The zero-order chi connectivity index (χ0) is 17.7. The lowest BCUT2D eigenvalue weighted by Crippen LogP contribution is -2.39. The highest BCUT2D eigenvalue weighted by molar-refractivity contribution is 5.94. The molecule has 0 aliphatic heterocycles. The summed E-state index contributed by atoms with van der Waals surface area (Å²) in [6, 6.07) is 10.4. The molecule has 2 aromatic rings. The van der Waals surface area contributed by atoms with Crippen LogP contribution < -0.4 is 10.1 Å². The quantitative estimate of drug-likeness (QED) is 0.880. The number of hydrogen-bond donors (Lipinski definition) is 1. The van der Waals surface area contributed by atoms with Gasteiger partial charge < -0.3 is 10.1 Å². The van der Waals surface area contributed by atoms with Gasteiger partial charge in [0, 0.05) is 6.54 Å². The van der Waals surface area contributed by atoms with Gasteiger partial charge in [0.15, 0.2) is 0 Å². The average Bonchev–Trinajstić information content (AvgIpc) is 2.57. The number of amides is 1. The summed E-state index contributed by atoms with van der Waals surface area (Å²) in [6.45, 7) is 2.17. The van der Waals surface area contributed by atoms with Crippen LogP contribution in [0.4, 0.5) is 14.5 Å². The first kappa shape index (κ1) is 17.9. The van der Waals surface area contributed by atoms with Gasteiger partial charge in [-0.3, -0.25) is 9.69 Å². The molecule has 0 unspecified atom stereocenters. The number of para-hydroxylation sites is 1. The molecule has 1 atom stereocenters. The summed E-state index contributed by atoms with van der Waals surface area (Å²) in [5, 5.41) is 2.31. The minimum absolute atomic E-state index is 0.427. The molecule has 0 saturated carbocycles. The Hall–Kier alpha value is -2.47. The molecule has 1 N–H and O–H groups in total. The minimum atomic E-state index is -0.800. The summed E-state index contributed by atoms with van der Waals surface area (Å²) < 4.78 is 32.4. The van der Waals surface area contributed by atoms with Gasteiger partial charge in [-0.05, 0) is 43.8 Å². The van der Waals surface area contributed by atoms with Crippen molar-refractivity contribution in [3.8, 4) is 5.75 Å². The number of halogens is 2. The van der Waals surface area contributed by atoms with E-state index in [-0.39, 0.29) is 0 Å². The lowest BCUT2D eigenvalue weighted by Gasteiger charge is -2.24. The Balaban J connectivity index is 2.04. The van der Waals surface area contributed by atoms with Crippen LogP contribution in [0, 0.1) is 11.6 Å². The van der Waals surface area contributed by atoms with Crippen molar-refractivity contribution in [3.63, 3.8) is 0 Å². The van der Waals surface area contributed by atoms with E-state index < -0.39 is 29.3 Å². The van der Waals surface area contributed by atoms with Crippen LogP contribution in [-0.4, -0.2) is 31.0 Å². The van der Waals surface area contributed by atoms with Gasteiger partial charge in [0.1, 0.15) is 23.1 Å². The van der Waals surface area contributed by atoms with E-state index in [4.69, 9.17) is 4.74 Å². The van der Waals surface area contributed by atoms with Gasteiger partial charge in [-0.25, -0.2) is 8.78 Å². The number of carbonyl (C=O) groups is 1. The molecule has 0 aromatic heterocycles.